The van der Waals surface area contributed by atoms with Crippen LogP contribution in [-0.2, 0) is 11.4 Å². The summed E-state index contributed by atoms with van der Waals surface area (Å²) in [7, 11) is 1.54. The molecule has 0 unspecified atom stereocenters. The van der Waals surface area contributed by atoms with Crippen molar-refractivity contribution in [3.63, 3.8) is 0 Å². The molecule has 0 atom stereocenters. The van der Waals surface area contributed by atoms with E-state index in [0.29, 0.717) is 28.7 Å². The topological polar surface area (TPSA) is 80.9 Å². The zero-order chi connectivity index (χ0) is 20.1. The number of furan rings is 1. The van der Waals surface area contributed by atoms with Crippen molar-refractivity contribution in [3.8, 4) is 22.8 Å². The van der Waals surface area contributed by atoms with Gasteiger partial charge in [0.25, 0.3) is 5.91 Å². The number of aliphatic hydroxyl groups is 1. The van der Waals surface area contributed by atoms with Crippen LogP contribution in [0.3, 0.4) is 0 Å². The van der Waals surface area contributed by atoms with Gasteiger partial charge in [-0.25, -0.2) is 0 Å². The van der Waals surface area contributed by atoms with Crippen molar-refractivity contribution >= 4 is 11.6 Å². The van der Waals surface area contributed by atoms with Crippen LogP contribution < -0.4 is 14.8 Å². The Balaban J connectivity index is 1.66. The summed E-state index contributed by atoms with van der Waals surface area (Å²) in [6, 6.07) is 14.4. The van der Waals surface area contributed by atoms with Crippen molar-refractivity contribution in [2.75, 3.05) is 19.0 Å². The Kier molecular flexibility index (Phi) is 6.01. The Morgan fingerprint density at radius 1 is 1.07 bits per heavy atom. The standard InChI is InChI=1S/C22H23NO5/c1-14-4-6-17(10-15(14)2)27-13-22(25)23-16-5-8-19(21(11-16)26-3)20-9-7-18(12-24)28-20/h4-11,24H,12-13H2,1-3H3,(H,23,25). The first kappa shape index (κ1) is 19.5. The quantitative estimate of drug-likeness (QED) is 0.644. The summed E-state index contributed by atoms with van der Waals surface area (Å²) in [6.45, 7) is 3.76. The van der Waals surface area contributed by atoms with Crippen molar-refractivity contribution in [1.82, 2.24) is 0 Å². The monoisotopic (exact) mass is 381 g/mol. The van der Waals surface area contributed by atoms with Crippen molar-refractivity contribution in [2.24, 2.45) is 0 Å². The van der Waals surface area contributed by atoms with Gasteiger partial charge in [-0.1, -0.05) is 6.07 Å². The molecule has 0 spiro atoms. The van der Waals surface area contributed by atoms with Crippen molar-refractivity contribution in [1.29, 1.82) is 0 Å². The van der Waals surface area contributed by atoms with Gasteiger partial charge in [0.15, 0.2) is 6.61 Å². The molecule has 0 aliphatic rings. The van der Waals surface area contributed by atoms with E-state index in [4.69, 9.17) is 19.0 Å². The van der Waals surface area contributed by atoms with E-state index >= 15 is 0 Å². The molecular formula is C22H23NO5. The van der Waals surface area contributed by atoms with Crippen LogP contribution in [0.25, 0.3) is 11.3 Å². The molecule has 6 nitrogen and oxygen atoms in total. The minimum Gasteiger partial charge on any atom is -0.496 e. The number of aryl methyl sites for hydroxylation is 2. The molecule has 1 aromatic heterocycles. The van der Waals surface area contributed by atoms with Crippen LogP contribution in [0.1, 0.15) is 16.9 Å². The maximum Gasteiger partial charge on any atom is 0.262 e. The van der Waals surface area contributed by atoms with E-state index in [2.05, 4.69) is 5.32 Å². The van der Waals surface area contributed by atoms with Crippen LogP contribution in [0.4, 0.5) is 5.69 Å². The van der Waals surface area contributed by atoms with E-state index in [0.717, 1.165) is 11.1 Å². The predicted molar refractivity (Wildman–Crippen MR) is 107 cm³/mol. The Bertz CT molecular complexity index is 977. The van der Waals surface area contributed by atoms with Gasteiger partial charge in [-0.2, -0.15) is 0 Å². The zero-order valence-corrected chi connectivity index (χ0v) is 16.1. The molecule has 28 heavy (non-hydrogen) atoms. The molecule has 1 amide bonds. The maximum absolute atomic E-state index is 12.2. The lowest BCUT2D eigenvalue weighted by Crippen LogP contribution is -2.20. The van der Waals surface area contributed by atoms with Gasteiger partial charge >= 0.3 is 0 Å². The van der Waals surface area contributed by atoms with Crippen LogP contribution in [0.5, 0.6) is 11.5 Å². The van der Waals surface area contributed by atoms with Gasteiger partial charge in [0, 0.05) is 11.8 Å². The smallest absolute Gasteiger partial charge is 0.262 e. The van der Waals surface area contributed by atoms with Gasteiger partial charge in [0.2, 0.25) is 0 Å². The maximum atomic E-state index is 12.2. The Labute approximate surface area is 163 Å². The highest BCUT2D eigenvalue weighted by Crippen LogP contribution is 2.33. The largest absolute Gasteiger partial charge is 0.496 e. The number of rotatable bonds is 7. The summed E-state index contributed by atoms with van der Waals surface area (Å²) in [5, 5.41) is 11.9. The fraction of sp³-hybridized carbons (Fsp3) is 0.227. The molecule has 3 aromatic rings. The molecule has 0 bridgehead atoms. The van der Waals surface area contributed by atoms with Crippen molar-refractivity contribution in [2.45, 2.75) is 20.5 Å². The molecule has 6 heteroatoms. The van der Waals surface area contributed by atoms with E-state index in [9.17, 15) is 4.79 Å². The minimum atomic E-state index is -0.270. The summed E-state index contributed by atoms with van der Waals surface area (Å²) in [5.74, 6) is 1.98. The SMILES string of the molecule is COc1cc(NC(=O)COc2ccc(C)c(C)c2)ccc1-c1ccc(CO)o1. The van der Waals surface area contributed by atoms with Gasteiger partial charge in [-0.3, -0.25) is 4.79 Å². The second kappa shape index (κ2) is 8.63. The number of aliphatic hydroxyl groups excluding tert-OH is 1. The Hall–Kier alpha value is -3.25. The molecule has 0 aliphatic carbocycles. The van der Waals surface area contributed by atoms with E-state index in [1.54, 1.807) is 37.4 Å². The number of carbonyl (C=O) groups excluding carboxylic acids is 1. The number of amides is 1. The average Bonchev–Trinajstić information content (AvgIpc) is 3.18. The summed E-state index contributed by atoms with van der Waals surface area (Å²) < 4.78 is 16.5. The lowest BCUT2D eigenvalue weighted by atomic mass is 10.1. The van der Waals surface area contributed by atoms with Gasteiger partial charge in [0.1, 0.15) is 29.6 Å². The predicted octanol–water partition coefficient (Wildman–Crippen LogP) is 4.08. The molecule has 0 radical (unpaired) electrons. The van der Waals surface area contributed by atoms with Gasteiger partial charge in [-0.05, 0) is 61.4 Å². The first-order valence-corrected chi connectivity index (χ1v) is 8.88. The highest BCUT2D eigenvalue weighted by atomic mass is 16.5. The summed E-state index contributed by atoms with van der Waals surface area (Å²) >= 11 is 0. The fourth-order valence-electron chi connectivity index (χ4n) is 2.73. The minimum absolute atomic E-state index is 0.0926. The lowest BCUT2D eigenvalue weighted by molar-refractivity contribution is -0.118. The van der Waals surface area contributed by atoms with Crippen LogP contribution >= 0.6 is 0 Å². The Morgan fingerprint density at radius 2 is 1.89 bits per heavy atom. The van der Waals surface area contributed by atoms with Crippen LogP contribution in [0.2, 0.25) is 0 Å². The molecule has 3 rings (SSSR count). The number of benzene rings is 2. The van der Waals surface area contributed by atoms with Crippen LogP contribution in [0, 0.1) is 13.8 Å². The normalized spacial score (nSPS) is 10.6. The van der Waals surface area contributed by atoms with E-state index in [-0.39, 0.29) is 19.1 Å². The number of hydrogen-bond donors (Lipinski definition) is 2. The number of ether oxygens (including phenoxy) is 2. The summed E-state index contributed by atoms with van der Waals surface area (Å²) in [6.07, 6.45) is 0. The van der Waals surface area contributed by atoms with Gasteiger partial charge < -0.3 is 24.3 Å². The molecular weight excluding hydrogens is 358 g/mol. The molecule has 1 heterocycles. The molecule has 2 N–H and O–H groups in total. The highest BCUT2D eigenvalue weighted by molar-refractivity contribution is 5.92. The number of methoxy groups -OCH3 is 1. The molecule has 2 aromatic carbocycles. The lowest BCUT2D eigenvalue weighted by Gasteiger charge is -2.11. The fourth-order valence-corrected chi connectivity index (χ4v) is 2.73. The highest BCUT2D eigenvalue weighted by Gasteiger charge is 2.12. The molecule has 146 valence electrons. The summed E-state index contributed by atoms with van der Waals surface area (Å²) in [5.41, 5.74) is 3.60. The van der Waals surface area contributed by atoms with Crippen molar-refractivity contribution < 1.29 is 23.8 Å². The third-order valence-corrected chi connectivity index (χ3v) is 4.42. The molecule has 0 saturated carbocycles. The third kappa shape index (κ3) is 4.53. The zero-order valence-electron chi connectivity index (χ0n) is 16.1. The summed E-state index contributed by atoms with van der Waals surface area (Å²) in [4.78, 5) is 12.2. The second-order valence-electron chi connectivity index (χ2n) is 6.42. The van der Waals surface area contributed by atoms with Crippen LogP contribution in [0.15, 0.2) is 52.9 Å². The van der Waals surface area contributed by atoms with E-state index in [1.807, 2.05) is 32.0 Å². The van der Waals surface area contributed by atoms with Gasteiger partial charge in [-0.15, -0.1) is 0 Å². The Morgan fingerprint density at radius 3 is 2.57 bits per heavy atom. The van der Waals surface area contributed by atoms with Crippen molar-refractivity contribution in [3.05, 3.63) is 65.4 Å². The third-order valence-electron chi connectivity index (χ3n) is 4.42. The number of carbonyl (C=O) groups is 1. The molecule has 0 fully saturated rings. The number of nitrogens with one attached hydrogen (secondary N) is 1. The number of anilines is 1. The van der Waals surface area contributed by atoms with Crippen LogP contribution in [-0.4, -0.2) is 24.7 Å². The first-order valence-electron chi connectivity index (χ1n) is 8.88. The van der Waals surface area contributed by atoms with Gasteiger partial charge in [0.05, 0.1) is 12.7 Å². The van der Waals surface area contributed by atoms with E-state index in [1.165, 1.54) is 5.56 Å². The first-order chi connectivity index (χ1) is 13.5. The molecule has 0 saturated heterocycles. The van der Waals surface area contributed by atoms with E-state index < -0.39 is 0 Å². The molecule has 0 aliphatic heterocycles. The number of hydrogen-bond acceptors (Lipinski definition) is 5. The average molecular weight is 381 g/mol. The second-order valence-corrected chi connectivity index (χ2v) is 6.42.